The molecule has 0 bridgehead atoms. The predicted octanol–water partition coefficient (Wildman–Crippen LogP) is 3.90. The van der Waals surface area contributed by atoms with Crippen LogP contribution < -0.4 is 0 Å². The topological polar surface area (TPSA) is 63.7 Å². The highest BCUT2D eigenvalue weighted by molar-refractivity contribution is 9.10. The molecule has 2 aromatic carbocycles. The van der Waals surface area contributed by atoms with E-state index in [1.54, 1.807) is 24.3 Å². The van der Waals surface area contributed by atoms with Gasteiger partial charge in [-0.05, 0) is 49.6 Å². The molecule has 27 heavy (non-hydrogen) atoms. The quantitative estimate of drug-likeness (QED) is 0.646. The van der Waals surface area contributed by atoms with E-state index in [0.717, 1.165) is 15.6 Å². The first-order valence-electron chi connectivity index (χ1n) is 8.84. The summed E-state index contributed by atoms with van der Waals surface area (Å²) in [6, 6.07) is 14.4. The second kappa shape index (κ2) is 8.54. The van der Waals surface area contributed by atoms with Gasteiger partial charge in [0.05, 0.1) is 10.8 Å². The monoisotopic (exact) mass is 451 g/mol. The number of benzene rings is 2. The van der Waals surface area contributed by atoms with E-state index in [1.807, 2.05) is 31.2 Å². The van der Waals surface area contributed by atoms with E-state index in [1.165, 1.54) is 4.31 Å². The summed E-state index contributed by atoms with van der Waals surface area (Å²) in [4.78, 5) is 12.6. The minimum atomic E-state index is -3.51. The predicted molar refractivity (Wildman–Crippen MR) is 107 cm³/mol. The molecule has 0 radical (unpaired) electrons. The number of hydrogen-bond donors (Lipinski definition) is 0. The second-order valence-electron chi connectivity index (χ2n) is 6.73. The van der Waals surface area contributed by atoms with E-state index in [4.69, 9.17) is 4.74 Å². The molecule has 5 nitrogen and oxygen atoms in total. The van der Waals surface area contributed by atoms with Gasteiger partial charge >= 0.3 is 5.97 Å². The van der Waals surface area contributed by atoms with Gasteiger partial charge in [0.1, 0.15) is 6.61 Å². The molecule has 0 atom stereocenters. The zero-order valence-electron chi connectivity index (χ0n) is 15.1. The molecule has 1 saturated heterocycles. The molecule has 1 fully saturated rings. The van der Waals surface area contributed by atoms with Crippen molar-refractivity contribution in [3.8, 4) is 0 Å². The maximum Gasteiger partial charge on any atom is 0.309 e. The first kappa shape index (κ1) is 20.0. The standard InChI is InChI=1S/C20H22BrNO4S/c1-15-2-8-19(9-3-15)27(24,25)22-12-10-17(11-13-22)20(23)26-14-16-4-6-18(21)7-5-16/h2-9,17H,10-14H2,1H3. The number of piperidine rings is 1. The minimum Gasteiger partial charge on any atom is -0.461 e. The maximum atomic E-state index is 12.7. The summed E-state index contributed by atoms with van der Waals surface area (Å²) in [5.41, 5.74) is 1.94. The van der Waals surface area contributed by atoms with Gasteiger partial charge < -0.3 is 4.74 Å². The minimum absolute atomic E-state index is 0.230. The SMILES string of the molecule is Cc1ccc(S(=O)(=O)N2CCC(C(=O)OCc3ccc(Br)cc3)CC2)cc1. The third kappa shape index (κ3) is 4.97. The highest BCUT2D eigenvalue weighted by Gasteiger charge is 2.32. The number of esters is 1. The van der Waals surface area contributed by atoms with Gasteiger partial charge in [-0.25, -0.2) is 8.42 Å². The van der Waals surface area contributed by atoms with Crippen molar-refractivity contribution in [1.82, 2.24) is 4.31 Å². The molecule has 144 valence electrons. The van der Waals surface area contributed by atoms with Crippen LogP contribution in [0.2, 0.25) is 0 Å². The summed E-state index contributed by atoms with van der Waals surface area (Å²) >= 11 is 3.37. The molecule has 7 heteroatoms. The van der Waals surface area contributed by atoms with Gasteiger partial charge in [-0.3, -0.25) is 4.79 Å². The average molecular weight is 452 g/mol. The molecule has 2 aromatic rings. The van der Waals surface area contributed by atoms with E-state index in [2.05, 4.69) is 15.9 Å². The van der Waals surface area contributed by atoms with Crippen molar-refractivity contribution >= 4 is 31.9 Å². The molecule has 1 heterocycles. The van der Waals surface area contributed by atoms with Crippen LogP contribution in [0, 0.1) is 12.8 Å². The van der Waals surface area contributed by atoms with E-state index < -0.39 is 10.0 Å². The van der Waals surface area contributed by atoms with Crippen LogP contribution in [0.4, 0.5) is 0 Å². The van der Waals surface area contributed by atoms with Gasteiger partial charge in [-0.1, -0.05) is 45.8 Å². The van der Waals surface area contributed by atoms with E-state index in [9.17, 15) is 13.2 Å². The van der Waals surface area contributed by atoms with Gasteiger partial charge in [-0.2, -0.15) is 4.31 Å². The van der Waals surface area contributed by atoms with Crippen molar-refractivity contribution in [1.29, 1.82) is 0 Å². The Balaban J connectivity index is 1.54. The number of sulfonamides is 1. The van der Waals surface area contributed by atoms with Gasteiger partial charge in [-0.15, -0.1) is 0 Å². The zero-order valence-corrected chi connectivity index (χ0v) is 17.5. The summed E-state index contributed by atoms with van der Waals surface area (Å²) in [5.74, 6) is -0.518. The fourth-order valence-corrected chi connectivity index (χ4v) is 4.78. The number of nitrogens with zero attached hydrogens (tertiary/aromatic N) is 1. The summed E-state index contributed by atoms with van der Waals surface area (Å²) in [5, 5.41) is 0. The number of halogens is 1. The second-order valence-corrected chi connectivity index (χ2v) is 9.58. The Bertz CT molecular complexity index is 887. The summed E-state index contributed by atoms with van der Waals surface area (Å²) in [6.45, 7) is 2.80. The summed E-state index contributed by atoms with van der Waals surface area (Å²) in [7, 11) is -3.51. The smallest absolute Gasteiger partial charge is 0.309 e. The molecule has 0 N–H and O–H groups in total. The van der Waals surface area contributed by atoms with Crippen molar-refractivity contribution < 1.29 is 17.9 Å². The Labute approximate surface area is 168 Å². The third-order valence-corrected chi connectivity index (χ3v) is 7.18. The number of rotatable bonds is 5. The van der Waals surface area contributed by atoms with Gasteiger partial charge in [0, 0.05) is 17.6 Å². The number of carbonyl (C=O) groups is 1. The Morgan fingerprint density at radius 1 is 1.07 bits per heavy atom. The summed E-state index contributed by atoms with van der Waals surface area (Å²) in [6.07, 6.45) is 0.953. The van der Waals surface area contributed by atoms with Crippen LogP contribution in [0.1, 0.15) is 24.0 Å². The number of hydrogen-bond acceptors (Lipinski definition) is 4. The lowest BCUT2D eigenvalue weighted by atomic mass is 9.98. The van der Waals surface area contributed by atoms with Gasteiger partial charge in [0.25, 0.3) is 0 Å². The van der Waals surface area contributed by atoms with Crippen LogP contribution in [0.15, 0.2) is 57.9 Å². The van der Waals surface area contributed by atoms with Crippen molar-refractivity contribution in [3.05, 3.63) is 64.1 Å². The Morgan fingerprint density at radius 3 is 2.26 bits per heavy atom. The first-order chi connectivity index (χ1) is 12.9. The van der Waals surface area contributed by atoms with Gasteiger partial charge in [0.2, 0.25) is 10.0 Å². The van der Waals surface area contributed by atoms with E-state index in [0.29, 0.717) is 30.8 Å². The Kier molecular flexibility index (Phi) is 6.34. The zero-order chi connectivity index (χ0) is 19.4. The number of carbonyl (C=O) groups excluding carboxylic acids is 1. The van der Waals surface area contributed by atoms with Crippen molar-refractivity contribution in [2.45, 2.75) is 31.3 Å². The lowest BCUT2D eigenvalue weighted by Gasteiger charge is -2.30. The molecule has 1 aliphatic heterocycles. The first-order valence-corrected chi connectivity index (χ1v) is 11.1. The van der Waals surface area contributed by atoms with Gasteiger partial charge in [0.15, 0.2) is 0 Å². The van der Waals surface area contributed by atoms with Crippen molar-refractivity contribution in [2.75, 3.05) is 13.1 Å². The van der Waals surface area contributed by atoms with Crippen LogP contribution in [0.5, 0.6) is 0 Å². The molecule has 0 unspecified atom stereocenters. The maximum absolute atomic E-state index is 12.7. The molecule has 1 aliphatic rings. The Hall–Kier alpha value is -1.70. The van der Waals surface area contributed by atoms with Crippen LogP contribution in [0.3, 0.4) is 0 Å². The highest BCUT2D eigenvalue weighted by atomic mass is 79.9. The fraction of sp³-hybridized carbons (Fsp3) is 0.350. The molecule has 0 spiro atoms. The highest BCUT2D eigenvalue weighted by Crippen LogP contribution is 2.25. The molecule has 0 aliphatic carbocycles. The lowest BCUT2D eigenvalue weighted by Crippen LogP contribution is -2.40. The Morgan fingerprint density at radius 2 is 1.67 bits per heavy atom. The van der Waals surface area contributed by atoms with Crippen LogP contribution in [-0.2, 0) is 26.2 Å². The van der Waals surface area contributed by atoms with Crippen molar-refractivity contribution in [2.24, 2.45) is 5.92 Å². The molecular formula is C20H22BrNO4S. The molecule has 0 aromatic heterocycles. The number of aryl methyl sites for hydroxylation is 1. The molecule has 3 rings (SSSR count). The van der Waals surface area contributed by atoms with Crippen LogP contribution in [-0.4, -0.2) is 31.8 Å². The lowest BCUT2D eigenvalue weighted by molar-refractivity contribution is -0.151. The van der Waals surface area contributed by atoms with Crippen LogP contribution in [0.25, 0.3) is 0 Å². The normalized spacial score (nSPS) is 16.2. The third-order valence-electron chi connectivity index (χ3n) is 4.74. The number of ether oxygens (including phenoxy) is 1. The largest absolute Gasteiger partial charge is 0.461 e. The summed E-state index contributed by atoms with van der Waals surface area (Å²) < 4.78 is 33.3. The molecule has 0 saturated carbocycles. The van der Waals surface area contributed by atoms with E-state index >= 15 is 0 Å². The van der Waals surface area contributed by atoms with E-state index in [-0.39, 0.29) is 18.5 Å². The fourth-order valence-electron chi connectivity index (χ4n) is 3.04. The van der Waals surface area contributed by atoms with Crippen molar-refractivity contribution in [3.63, 3.8) is 0 Å². The molecular weight excluding hydrogens is 430 g/mol. The average Bonchev–Trinajstić information content (AvgIpc) is 2.68. The van der Waals surface area contributed by atoms with Crippen LogP contribution >= 0.6 is 15.9 Å². The molecule has 0 amide bonds.